The van der Waals surface area contributed by atoms with Gasteiger partial charge in [0.15, 0.2) is 0 Å². The molecular weight excluding hydrogens is 148 g/mol. The van der Waals surface area contributed by atoms with E-state index in [-0.39, 0.29) is 5.54 Å². The lowest BCUT2D eigenvalue weighted by molar-refractivity contribution is 0.426. The van der Waals surface area contributed by atoms with Gasteiger partial charge in [-0.15, -0.1) is 0 Å². The average Bonchev–Trinajstić information content (AvgIpc) is 2.54. The highest BCUT2D eigenvalue weighted by molar-refractivity contribution is 5.80. The number of hydrogen-bond acceptors (Lipinski definition) is 1. The van der Waals surface area contributed by atoms with Gasteiger partial charge >= 0.3 is 0 Å². The van der Waals surface area contributed by atoms with E-state index in [2.05, 4.69) is 18.8 Å². The fraction of sp³-hybridized carbons (Fsp3) is 0.900. The minimum atomic E-state index is 0.222. The van der Waals surface area contributed by atoms with E-state index >= 15 is 0 Å². The van der Waals surface area contributed by atoms with Gasteiger partial charge in [0.25, 0.3) is 0 Å². The van der Waals surface area contributed by atoms with Crippen LogP contribution in [0.3, 0.4) is 0 Å². The Hall–Kier alpha value is -0.530. The van der Waals surface area contributed by atoms with E-state index in [9.17, 15) is 0 Å². The Morgan fingerprint density at radius 1 is 1.33 bits per heavy atom. The van der Waals surface area contributed by atoms with Crippen molar-refractivity contribution < 1.29 is 0 Å². The first-order valence-electron chi connectivity index (χ1n) is 5.06. The third kappa shape index (κ3) is 1.99. The highest BCUT2D eigenvalue weighted by Crippen LogP contribution is 2.36. The fourth-order valence-corrected chi connectivity index (χ4v) is 1.96. The SMILES string of the molecule is CCC(N)=NC1(CC)CCCC1. The van der Waals surface area contributed by atoms with E-state index < -0.39 is 0 Å². The van der Waals surface area contributed by atoms with Crippen molar-refractivity contribution in [3.05, 3.63) is 0 Å². The predicted molar refractivity (Wildman–Crippen MR) is 53.4 cm³/mol. The topological polar surface area (TPSA) is 38.4 Å². The first-order chi connectivity index (χ1) is 5.72. The van der Waals surface area contributed by atoms with Crippen LogP contribution in [0.4, 0.5) is 0 Å². The summed E-state index contributed by atoms with van der Waals surface area (Å²) >= 11 is 0. The molecule has 0 aromatic rings. The zero-order chi connectivity index (χ0) is 9.03. The maximum absolute atomic E-state index is 5.76. The Labute approximate surface area is 75.3 Å². The fourth-order valence-electron chi connectivity index (χ4n) is 1.96. The summed E-state index contributed by atoms with van der Waals surface area (Å²) in [5, 5.41) is 0. The molecule has 2 nitrogen and oxygen atoms in total. The molecule has 0 saturated heterocycles. The van der Waals surface area contributed by atoms with Crippen LogP contribution in [-0.2, 0) is 0 Å². The molecule has 1 saturated carbocycles. The lowest BCUT2D eigenvalue weighted by Crippen LogP contribution is -2.25. The van der Waals surface area contributed by atoms with Crippen molar-refractivity contribution in [1.29, 1.82) is 0 Å². The molecule has 0 aliphatic heterocycles. The number of rotatable bonds is 3. The van der Waals surface area contributed by atoms with Crippen LogP contribution in [-0.4, -0.2) is 11.4 Å². The van der Waals surface area contributed by atoms with E-state index in [1.165, 1.54) is 25.7 Å². The Bertz CT molecular complexity index is 167. The zero-order valence-electron chi connectivity index (χ0n) is 8.27. The number of nitrogens with two attached hydrogens (primary N) is 1. The van der Waals surface area contributed by atoms with Crippen LogP contribution in [0.25, 0.3) is 0 Å². The molecule has 0 aromatic carbocycles. The van der Waals surface area contributed by atoms with Crippen molar-refractivity contribution in [2.45, 2.75) is 57.9 Å². The van der Waals surface area contributed by atoms with Gasteiger partial charge in [-0.1, -0.05) is 26.7 Å². The summed E-state index contributed by atoms with van der Waals surface area (Å²) in [7, 11) is 0. The van der Waals surface area contributed by atoms with Crippen LogP contribution in [0.2, 0.25) is 0 Å². The molecule has 0 unspecified atom stereocenters. The summed E-state index contributed by atoms with van der Waals surface area (Å²) in [4.78, 5) is 4.64. The predicted octanol–water partition coefficient (Wildman–Crippen LogP) is 2.48. The smallest absolute Gasteiger partial charge is 0.0941 e. The highest BCUT2D eigenvalue weighted by Gasteiger charge is 2.31. The molecule has 1 aliphatic carbocycles. The lowest BCUT2D eigenvalue weighted by atomic mass is 9.95. The van der Waals surface area contributed by atoms with Crippen molar-refractivity contribution in [2.24, 2.45) is 10.7 Å². The van der Waals surface area contributed by atoms with Gasteiger partial charge in [-0.2, -0.15) is 0 Å². The van der Waals surface area contributed by atoms with Gasteiger partial charge in [0.05, 0.1) is 11.4 Å². The monoisotopic (exact) mass is 168 g/mol. The van der Waals surface area contributed by atoms with Crippen molar-refractivity contribution in [1.82, 2.24) is 0 Å². The summed E-state index contributed by atoms with van der Waals surface area (Å²) in [6.45, 7) is 4.29. The molecule has 1 aliphatic rings. The van der Waals surface area contributed by atoms with Gasteiger partial charge in [0, 0.05) is 6.42 Å². The first kappa shape index (κ1) is 9.56. The van der Waals surface area contributed by atoms with Gasteiger partial charge < -0.3 is 5.73 Å². The summed E-state index contributed by atoms with van der Waals surface area (Å²) in [5.74, 6) is 0.832. The Morgan fingerprint density at radius 2 is 1.92 bits per heavy atom. The van der Waals surface area contributed by atoms with Crippen molar-refractivity contribution >= 4 is 5.84 Å². The van der Waals surface area contributed by atoms with Gasteiger partial charge in [-0.3, -0.25) is 4.99 Å². The van der Waals surface area contributed by atoms with E-state index in [1.54, 1.807) is 0 Å². The lowest BCUT2D eigenvalue weighted by Gasteiger charge is -2.22. The summed E-state index contributed by atoms with van der Waals surface area (Å²) in [6, 6.07) is 0. The van der Waals surface area contributed by atoms with Crippen LogP contribution in [0.5, 0.6) is 0 Å². The highest BCUT2D eigenvalue weighted by atomic mass is 14.9. The third-order valence-corrected chi connectivity index (χ3v) is 2.94. The van der Waals surface area contributed by atoms with Crippen molar-refractivity contribution in [2.75, 3.05) is 0 Å². The van der Waals surface area contributed by atoms with Crippen LogP contribution in [0.15, 0.2) is 4.99 Å². The molecular formula is C10H20N2. The number of amidine groups is 1. The quantitative estimate of drug-likeness (QED) is 0.510. The van der Waals surface area contributed by atoms with Gasteiger partial charge in [0.1, 0.15) is 0 Å². The Morgan fingerprint density at radius 3 is 2.33 bits per heavy atom. The molecule has 0 bridgehead atoms. The maximum atomic E-state index is 5.76. The molecule has 0 spiro atoms. The third-order valence-electron chi connectivity index (χ3n) is 2.94. The van der Waals surface area contributed by atoms with Gasteiger partial charge in [0.2, 0.25) is 0 Å². The molecule has 1 rings (SSSR count). The van der Waals surface area contributed by atoms with Crippen LogP contribution in [0.1, 0.15) is 52.4 Å². The van der Waals surface area contributed by atoms with Crippen LogP contribution < -0.4 is 5.73 Å². The van der Waals surface area contributed by atoms with E-state index in [0.29, 0.717) is 0 Å². The Balaban J connectivity index is 2.66. The molecule has 12 heavy (non-hydrogen) atoms. The molecule has 0 atom stereocenters. The second-order valence-corrected chi connectivity index (χ2v) is 3.74. The molecule has 0 aromatic heterocycles. The minimum absolute atomic E-state index is 0.222. The standard InChI is InChI=1S/C10H20N2/c1-3-9(11)12-10(4-2)7-5-6-8-10/h3-8H2,1-2H3,(H2,11,12). The van der Waals surface area contributed by atoms with Crippen LogP contribution >= 0.6 is 0 Å². The van der Waals surface area contributed by atoms with E-state index in [1.807, 2.05) is 0 Å². The van der Waals surface area contributed by atoms with E-state index in [4.69, 9.17) is 5.73 Å². The average molecular weight is 168 g/mol. The molecule has 70 valence electrons. The number of aliphatic imine (C=N–C) groups is 1. The number of nitrogens with zero attached hydrogens (tertiary/aromatic N) is 1. The summed E-state index contributed by atoms with van der Waals surface area (Å²) in [5.41, 5.74) is 5.99. The second-order valence-electron chi connectivity index (χ2n) is 3.74. The van der Waals surface area contributed by atoms with Crippen molar-refractivity contribution in [3.8, 4) is 0 Å². The maximum Gasteiger partial charge on any atom is 0.0941 e. The normalized spacial score (nSPS) is 23.0. The van der Waals surface area contributed by atoms with Crippen LogP contribution in [0, 0.1) is 0 Å². The van der Waals surface area contributed by atoms with E-state index in [0.717, 1.165) is 18.7 Å². The van der Waals surface area contributed by atoms with Crippen molar-refractivity contribution in [3.63, 3.8) is 0 Å². The largest absolute Gasteiger partial charge is 0.387 e. The molecule has 1 fully saturated rings. The minimum Gasteiger partial charge on any atom is -0.387 e. The zero-order valence-corrected chi connectivity index (χ0v) is 8.27. The Kier molecular flexibility index (Phi) is 3.12. The molecule has 0 radical (unpaired) electrons. The summed E-state index contributed by atoms with van der Waals surface area (Å²) < 4.78 is 0. The molecule has 2 heteroatoms. The molecule has 2 N–H and O–H groups in total. The first-order valence-corrected chi connectivity index (χ1v) is 5.06. The number of hydrogen-bond donors (Lipinski definition) is 1. The second kappa shape index (κ2) is 3.92. The molecule has 0 heterocycles. The summed E-state index contributed by atoms with van der Waals surface area (Å²) in [6.07, 6.45) is 7.17. The molecule has 0 amide bonds. The van der Waals surface area contributed by atoms with Gasteiger partial charge in [-0.05, 0) is 19.3 Å². The van der Waals surface area contributed by atoms with Gasteiger partial charge in [-0.25, -0.2) is 0 Å².